The summed E-state index contributed by atoms with van der Waals surface area (Å²) in [7, 11) is 1.67. The molecule has 4 nitrogen and oxygen atoms in total. The molecule has 5 heteroatoms. The normalized spacial score (nSPS) is 25.4. The molecule has 0 radical (unpaired) electrons. The van der Waals surface area contributed by atoms with Crippen LogP contribution in [0.1, 0.15) is 54.7 Å². The number of hydrogen-bond acceptors (Lipinski definition) is 5. The molecule has 2 heterocycles. The Morgan fingerprint density at radius 1 is 1.17 bits per heavy atom. The van der Waals surface area contributed by atoms with E-state index < -0.39 is 0 Å². The van der Waals surface area contributed by atoms with Gasteiger partial charge in [-0.1, -0.05) is 25.1 Å². The van der Waals surface area contributed by atoms with Crippen LogP contribution < -0.4 is 4.74 Å². The number of rotatable bonds is 5. The number of methoxy groups -OCH3 is 1. The minimum Gasteiger partial charge on any atom is -0.507 e. The first-order valence-electron chi connectivity index (χ1n) is 10.7. The third-order valence-corrected chi connectivity index (χ3v) is 8.02. The van der Waals surface area contributed by atoms with Crippen LogP contribution in [0.4, 0.5) is 0 Å². The Kier molecular flexibility index (Phi) is 5.00. The van der Waals surface area contributed by atoms with Crippen molar-refractivity contribution < 1.29 is 19.7 Å². The summed E-state index contributed by atoms with van der Waals surface area (Å²) < 4.78 is 13.2. The van der Waals surface area contributed by atoms with Gasteiger partial charge in [0, 0.05) is 32.2 Å². The molecule has 1 aromatic heterocycles. The fraction of sp³-hybridized carbons (Fsp3) is 0.440. The van der Waals surface area contributed by atoms with Gasteiger partial charge >= 0.3 is 0 Å². The summed E-state index contributed by atoms with van der Waals surface area (Å²) in [4.78, 5) is 1.35. The lowest BCUT2D eigenvalue weighted by Gasteiger charge is -2.34. The van der Waals surface area contributed by atoms with Crippen LogP contribution in [0, 0.1) is 5.92 Å². The Morgan fingerprint density at radius 2 is 1.97 bits per heavy atom. The third-order valence-electron chi connectivity index (χ3n) is 6.70. The Morgan fingerprint density at radius 3 is 2.67 bits per heavy atom. The predicted molar refractivity (Wildman–Crippen MR) is 120 cm³/mol. The topological polar surface area (TPSA) is 58.9 Å². The molecule has 1 aliphatic heterocycles. The number of aliphatic hydroxyl groups excluding tert-OH is 1. The number of benzene rings is 2. The largest absolute Gasteiger partial charge is 0.507 e. The fourth-order valence-electron chi connectivity index (χ4n) is 4.95. The van der Waals surface area contributed by atoms with Crippen LogP contribution in [0.3, 0.4) is 0 Å². The Hall–Kier alpha value is -2.08. The van der Waals surface area contributed by atoms with Crippen LogP contribution in [-0.4, -0.2) is 30.0 Å². The first kappa shape index (κ1) is 19.9. The molecule has 1 saturated carbocycles. The van der Waals surface area contributed by atoms with E-state index in [1.54, 1.807) is 13.2 Å². The highest BCUT2D eigenvalue weighted by atomic mass is 32.1. The van der Waals surface area contributed by atoms with Gasteiger partial charge in [0.25, 0.3) is 0 Å². The molecule has 0 spiro atoms. The van der Waals surface area contributed by atoms with Crippen LogP contribution in [0.2, 0.25) is 0 Å². The zero-order valence-corrected chi connectivity index (χ0v) is 18.2. The highest BCUT2D eigenvalue weighted by Gasteiger charge is 2.49. The summed E-state index contributed by atoms with van der Waals surface area (Å²) in [5.41, 5.74) is 1.88. The van der Waals surface area contributed by atoms with Crippen molar-refractivity contribution in [3.05, 3.63) is 58.5 Å². The standard InChI is InChI=1S/C25H28O4S/c1-15-9-17(14-26)29-21(10-15)18-12-19(22(28-2)13-20(18)27)25(7-8-25)24-11-16-5-3-4-6-23(16)30-24/h3-6,11-13,15,17,21,26-27H,7-10,14H2,1-2H3/t15-,17-,21+/m0/s1. The fourth-order valence-corrected chi connectivity index (χ4v) is 6.27. The molecule has 2 N–H and O–H groups in total. The van der Waals surface area contributed by atoms with Gasteiger partial charge in [-0.2, -0.15) is 0 Å². The number of fused-ring (bicyclic) bond motifs is 1. The van der Waals surface area contributed by atoms with E-state index in [1.807, 2.05) is 11.3 Å². The summed E-state index contributed by atoms with van der Waals surface area (Å²) in [5, 5.41) is 21.7. The number of ether oxygens (including phenoxy) is 2. The number of phenolic OH excluding ortho intramolecular Hbond substituents is 1. The second-order valence-corrected chi connectivity index (χ2v) is 9.93. The van der Waals surface area contributed by atoms with Gasteiger partial charge in [0.05, 0.1) is 25.9 Å². The van der Waals surface area contributed by atoms with E-state index in [0.717, 1.165) is 42.6 Å². The van der Waals surface area contributed by atoms with Crippen molar-refractivity contribution in [1.82, 2.24) is 0 Å². The van der Waals surface area contributed by atoms with Gasteiger partial charge in [-0.15, -0.1) is 11.3 Å². The van der Waals surface area contributed by atoms with Crippen molar-refractivity contribution in [3.8, 4) is 11.5 Å². The summed E-state index contributed by atoms with van der Waals surface area (Å²) in [5.74, 6) is 1.37. The van der Waals surface area contributed by atoms with Gasteiger partial charge in [-0.25, -0.2) is 0 Å². The molecule has 5 rings (SSSR count). The summed E-state index contributed by atoms with van der Waals surface area (Å²) in [6.45, 7) is 2.19. The quantitative estimate of drug-likeness (QED) is 0.564. The number of thiophene rings is 1. The smallest absolute Gasteiger partial charge is 0.126 e. The summed E-state index contributed by atoms with van der Waals surface area (Å²) in [6, 6.07) is 14.7. The van der Waals surface area contributed by atoms with Crippen LogP contribution in [0.25, 0.3) is 10.1 Å². The molecule has 0 amide bonds. The third kappa shape index (κ3) is 3.29. The first-order valence-corrected chi connectivity index (χ1v) is 11.5. The molecular weight excluding hydrogens is 396 g/mol. The molecular formula is C25H28O4S. The monoisotopic (exact) mass is 424 g/mol. The zero-order chi connectivity index (χ0) is 20.9. The lowest BCUT2D eigenvalue weighted by atomic mass is 9.86. The molecule has 0 unspecified atom stereocenters. The summed E-state index contributed by atoms with van der Waals surface area (Å²) in [6.07, 6.45) is 3.44. The van der Waals surface area contributed by atoms with Crippen molar-refractivity contribution >= 4 is 21.4 Å². The number of aromatic hydroxyl groups is 1. The van der Waals surface area contributed by atoms with Gasteiger partial charge in [0.2, 0.25) is 0 Å². The maximum atomic E-state index is 10.8. The van der Waals surface area contributed by atoms with Crippen molar-refractivity contribution in [2.75, 3.05) is 13.7 Å². The second-order valence-electron chi connectivity index (χ2n) is 8.85. The molecule has 2 fully saturated rings. The highest BCUT2D eigenvalue weighted by Crippen LogP contribution is 2.59. The molecule has 1 aliphatic carbocycles. The number of aliphatic hydroxyl groups is 1. The SMILES string of the molecule is COc1cc(O)c([C@H]2C[C@@H](C)C[C@@H](CO)O2)cc1C1(c2cc3ccccc3s2)CC1. The lowest BCUT2D eigenvalue weighted by Crippen LogP contribution is -2.30. The molecule has 3 aromatic rings. The van der Waals surface area contributed by atoms with Crippen LogP contribution in [-0.2, 0) is 10.2 Å². The van der Waals surface area contributed by atoms with E-state index in [4.69, 9.17) is 9.47 Å². The maximum absolute atomic E-state index is 10.8. The van der Waals surface area contributed by atoms with Gasteiger partial charge in [0.1, 0.15) is 11.5 Å². The number of hydrogen-bond donors (Lipinski definition) is 2. The minimum absolute atomic E-state index is 0.0103. The minimum atomic E-state index is -0.214. The highest BCUT2D eigenvalue weighted by molar-refractivity contribution is 7.19. The van der Waals surface area contributed by atoms with Gasteiger partial charge < -0.3 is 19.7 Å². The number of phenols is 1. The summed E-state index contributed by atoms with van der Waals surface area (Å²) >= 11 is 1.85. The second kappa shape index (κ2) is 7.56. The average molecular weight is 425 g/mol. The van der Waals surface area contributed by atoms with Gasteiger partial charge in [-0.3, -0.25) is 0 Å². The Labute approximate surface area is 181 Å². The van der Waals surface area contributed by atoms with Gasteiger partial charge in [0.15, 0.2) is 0 Å². The lowest BCUT2D eigenvalue weighted by molar-refractivity contribution is -0.0906. The molecule has 2 aliphatic rings. The van der Waals surface area contributed by atoms with E-state index in [0.29, 0.717) is 5.92 Å². The molecule has 3 atom stereocenters. The van der Waals surface area contributed by atoms with E-state index in [-0.39, 0.29) is 30.0 Å². The van der Waals surface area contributed by atoms with Crippen molar-refractivity contribution in [2.45, 2.75) is 50.2 Å². The Bertz CT molecular complexity index is 1040. The zero-order valence-electron chi connectivity index (χ0n) is 17.4. The van der Waals surface area contributed by atoms with E-state index in [1.165, 1.54) is 15.0 Å². The maximum Gasteiger partial charge on any atom is 0.126 e. The first-order chi connectivity index (χ1) is 14.5. The van der Waals surface area contributed by atoms with E-state index in [9.17, 15) is 10.2 Å². The average Bonchev–Trinajstić information content (AvgIpc) is 3.44. The van der Waals surface area contributed by atoms with Crippen LogP contribution >= 0.6 is 11.3 Å². The van der Waals surface area contributed by atoms with E-state index >= 15 is 0 Å². The van der Waals surface area contributed by atoms with E-state index in [2.05, 4.69) is 43.3 Å². The predicted octanol–water partition coefficient (Wildman–Crippen LogP) is 5.54. The molecule has 2 aromatic carbocycles. The molecule has 30 heavy (non-hydrogen) atoms. The van der Waals surface area contributed by atoms with Crippen LogP contribution in [0.15, 0.2) is 42.5 Å². The molecule has 158 valence electrons. The molecule has 0 bridgehead atoms. The van der Waals surface area contributed by atoms with Crippen molar-refractivity contribution in [2.24, 2.45) is 5.92 Å². The molecule has 1 saturated heterocycles. The van der Waals surface area contributed by atoms with Crippen molar-refractivity contribution in [1.29, 1.82) is 0 Å². The van der Waals surface area contributed by atoms with Gasteiger partial charge in [-0.05, 0) is 55.2 Å². The Balaban J connectivity index is 1.58. The van der Waals surface area contributed by atoms with Crippen molar-refractivity contribution in [3.63, 3.8) is 0 Å². The van der Waals surface area contributed by atoms with Crippen LogP contribution in [0.5, 0.6) is 11.5 Å².